The van der Waals surface area contributed by atoms with Crippen LogP contribution in [0.2, 0.25) is 10.0 Å². The van der Waals surface area contributed by atoms with E-state index < -0.39 is 23.0 Å². The highest BCUT2D eigenvalue weighted by molar-refractivity contribution is 6.42. The molecule has 0 heterocycles. The minimum atomic E-state index is -1.11. The molecule has 0 bridgehead atoms. The minimum absolute atomic E-state index is 0.315. The molecule has 1 aliphatic carbocycles. The van der Waals surface area contributed by atoms with Gasteiger partial charge in [0.05, 0.1) is 10.0 Å². The van der Waals surface area contributed by atoms with Crippen LogP contribution in [0.15, 0.2) is 42.5 Å². The molecule has 2 N–H and O–H groups in total. The van der Waals surface area contributed by atoms with Crippen LogP contribution in [0, 0.1) is 11.2 Å². The van der Waals surface area contributed by atoms with Gasteiger partial charge in [-0.1, -0.05) is 23.2 Å². The molecule has 0 saturated heterocycles. The molecule has 0 unspecified atom stereocenters. The van der Waals surface area contributed by atoms with E-state index in [9.17, 15) is 14.0 Å². The van der Waals surface area contributed by atoms with Gasteiger partial charge in [0.1, 0.15) is 11.2 Å². The minimum Gasteiger partial charge on any atom is -0.325 e. The van der Waals surface area contributed by atoms with Gasteiger partial charge in [-0.25, -0.2) is 4.39 Å². The Kier molecular flexibility index (Phi) is 4.47. The summed E-state index contributed by atoms with van der Waals surface area (Å²) in [6.45, 7) is 0. The van der Waals surface area contributed by atoms with Crippen molar-refractivity contribution in [3.05, 3.63) is 58.3 Å². The van der Waals surface area contributed by atoms with Crippen LogP contribution in [0.5, 0.6) is 0 Å². The first-order valence-corrected chi connectivity index (χ1v) is 8.00. The van der Waals surface area contributed by atoms with Crippen LogP contribution < -0.4 is 10.6 Å². The molecule has 24 heavy (non-hydrogen) atoms. The second kappa shape index (κ2) is 6.42. The van der Waals surface area contributed by atoms with E-state index in [0.29, 0.717) is 34.3 Å². The summed E-state index contributed by atoms with van der Waals surface area (Å²) in [7, 11) is 0. The molecule has 1 saturated carbocycles. The van der Waals surface area contributed by atoms with E-state index in [4.69, 9.17) is 23.2 Å². The molecule has 3 rings (SSSR count). The van der Waals surface area contributed by atoms with Crippen LogP contribution in [-0.2, 0) is 9.59 Å². The topological polar surface area (TPSA) is 58.2 Å². The average Bonchev–Trinajstić information content (AvgIpc) is 3.35. The van der Waals surface area contributed by atoms with Gasteiger partial charge in [-0.3, -0.25) is 9.59 Å². The average molecular weight is 367 g/mol. The predicted molar refractivity (Wildman–Crippen MR) is 91.8 cm³/mol. The van der Waals surface area contributed by atoms with Crippen LogP contribution in [0.3, 0.4) is 0 Å². The van der Waals surface area contributed by atoms with Crippen molar-refractivity contribution in [2.75, 3.05) is 10.6 Å². The quantitative estimate of drug-likeness (QED) is 0.783. The Labute approximate surface area is 148 Å². The normalized spacial score (nSPS) is 14.8. The highest BCUT2D eigenvalue weighted by Crippen LogP contribution is 2.47. The summed E-state index contributed by atoms with van der Waals surface area (Å²) in [5.74, 6) is -1.21. The SMILES string of the molecule is O=C(Nc1ccc(F)cc1)C1(C(=O)Nc2ccc(Cl)c(Cl)c2)CC1. The summed E-state index contributed by atoms with van der Waals surface area (Å²) < 4.78 is 12.9. The number of benzene rings is 2. The number of carbonyl (C=O) groups excluding carboxylic acids is 2. The molecule has 1 fully saturated rings. The van der Waals surface area contributed by atoms with Gasteiger partial charge in [0.15, 0.2) is 0 Å². The molecule has 124 valence electrons. The molecule has 0 atom stereocenters. The molecule has 0 aromatic heterocycles. The third kappa shape index (κ3) is 3.37. The summed E-state index contributed by atoms with van der Waals surface area (Å²) in [6, 6.07) is 10.1. The van der Waals surface area contributed by atoms with Crippen LogP contribution in [-0.4, -0.2) is 11.8 Å². The lowest BCUT2D eigenvalue weighted by Crippen LogP contribution is -2.35. The van der Waals surface area contributed by atoms with Crippen molar-refractivity contribution in [3.8, 4) is 0 Å². The van der Waals surface area contributed by atoms with Crippen LogP contribution >= 0.6 is 23.2 Å². The van der Waals surface area contributed by atoms with Crippen LogP contribution in [0.25, 0.3) is 0 Å². The standard InChI is InChI=1S/C17H13Cl2FN2O2/c18-13-6-5-12(9-14(13)19)22-16(24)17(7-8-17)15(23)21-11-3-1-10(20)2-4-11/h1-6,9H,7-8H2,(H,21,23)(H,22,24). The van der Waals surface area contributed by atoms with Crippen molar-refractivity contribution in [2.45, 2.75) is 12.8 Å². The van der Waals surface area contributed by atoms with Crippen molar-refractivity contribution < 1.29 is 14.0 Å². The summed E-state index contributed by atoms with van der Waals surface area (Å²) in [4.78, 5) is 24.9. The lowest BCUT2D eigenvalue weighted by molar-refractivity contribution is -0.131. The Balaban J connectivity index is 1.70. The third-order valence-electron chi connectivity index (χ3n) is 3.90. The van der Waals surface area contributed by atoms with Crippen LogP contribution in [0.1, 0.15) is 12.8 Å². The molecule has 0 radical (unpaired) electrons. The maximum atomic E-state index is 12.9. The number of halogens is 3. The van der Waals surface area contributed by atoms with Gasteiger partial charge in [-0.2, -0.15) is 0 Å². The molecule has 2 aromatic carbocycles. The third-order valence-corrected chi connectivity index (χ3v) is 4.64. The Bertz CT molecular complexity index is 805. The first kappa shape index (κ1) is 16.7. The Morgan fingerprint density at radius 2 is 1.42 bits per heavy atom. The second-order valence-electron chi connectivity index (χ2n) is 5.63. The lowest BCUT2D eigenvalue weighted by atomic mass is 10.0. The fraction of sp³-hybridized carbons (Fsp3) is 0.176. The zero-order valence-corrected chi connectivity index (χ0v) is 13.9. The first-order chi connectivity index (χ1) is 11.4. The van der Waals surface area contributed by atoms with E-state index >= 15 is 0 Å². The van der Waals surface area contributed by atoms with Crippen molar-refractivity contribution in [1.82, 2.24) is 0 Å². The summed E-state index contributed by atoms with van der Waals surface area (Å²) in [6.07, 6.45) is 0.903. The molecule has 1 aliphatic rings. The highest BCUT2D eigenvalue weighted by atomic mass is 35.5. The van der Waals surface area contributed by atoms with E-state index in [2.05, 4.69) is 10.6 Å². The number of amides is 2. The Morgan fingerprint density at radius 3 is 1.96 bits per heavy atom. The molecular formula is C17H13Cl2FN2O2. The summed E-state index contributed by atoms with van der Waals surface area (Å²) >= 11 is 11.8. The molecule has 2 amide bonds. The Hall–Kier alpha value is -2.11. The number of hydrogen-bond acceptors (Lipinski definition) is 2. The van der Waals surface area contributed by atoms with E-state index in [1.807, 2.05) is 0 Å². The van der Waals surface area contributed by atoms with Crippen molar-refractivity contribution >= 4 is 46.4 Å². The predicted octanol–water partition coefficient (Wildman–Crippen LogP) is 4.49. The van der Waals surface area contributed by atoms with E-state index in [0.717, 1.165) is 0 Å². The maximum absolute atomic E-state index is 12.9. The fourth-order valence-electron chi connectivity index (χ4n) is 2.29. The van der Waals surface area contributed by atoms with Gasteiger partial charge in [-0.15, -0.1) is 0 Å². The lowest BCUT2D eigenvalue weighted by Gasteiger charge is -2.15. The highest BCUT2D eigenvalue weighted by Gasteiger charge is 2.56. The van der Waals surface area contributed by atoms with Crippen molar-refractivity contribution in [1.29, 1.82) is 0 Å². The summed E-state index contributed by atoms with van der Waals surface area (Å²) in [5, 5.41) is 6.03. The summed E-state index contributed by atoms with van der Waals surface area (Å²) in [5.41, 5.74) is -0.203. The molecule has 2 aromatic rings. The Morgan fingerprint density at radius 1 is 0.875 bits per heavy atom. The zero-order valence-electron chi connectivity index (χ0n) is 12.4. The zero-order chi connectivity index (χ0) is 17.3. The van der Waals surface area contributed by atoms with E-state index in [1.165, 1.54) is 30.3 Å². The van der Waals surface area contributed by atoms with Gasteiger partial charge in [0.25, 0.3) is 0 Å². The smallest absolute Gasteiger partial charge is 0.240 e. The monoisotopic (exact) mass is 366 g/mol. The number of hydrogen-bond donors (Lipinski definition) is 2. The molecular weight excluding hydrogens is 354 g/mol. The van der Waals surface area contributed by atoms with Crippen molar-refractivity contribution in [3.63, 3.8) is 0 Å². The second-order valence-corrected chi connectivity index (χ2v) is 6.44. The fourth-order valence-corrected chi connectivity index (χ4v) is 2.59. The maximum Gasteiger partial charge on any atom is 0.240 e. The first-order valence-electron chi connectivity index (χ1n) is 7.24. The number of carbonyl (C=O) groups is 2. The molecule has 0 aliphatic heterocycles. The molecule has 0 spiro atoms. The number of nitrogens with one attached hydrogen (secondary N) is 2. The van der Waals surface area contributed by atoms with Crippen molar-refractivity contribution in [2.24, 2.45) is 5.41 Å². The molecule has 7 heteroatoms. The largest absolute Gasteiger partial charge is 0.325 e. The molecule has 4 nitrogen and oxygen atoms in total. The van der Waals surface area contributed by atoms with Crippen LogP contribution in [0.4, 0.5) is 15.8 Å². The van der Waals surface area contributed by atoms with E-state index in [-0.39, 0.29) is 0 Å². The number of rotatable bonds is 4. The van der Waals surface area contributed by atoms with Gasteiger partial charge in [-0.05, 0) is 55.3 Å². The number of anilines is 2. The van der Waals surface area contributed by atoms with Gasteiger partial charge in [0.2, 0.25) is 11.8 Å². The van der Waals surface area contributed by atoms with Gasteiger partial charge in [0, 0.05) is 11.4 Å². The van der Waals surface area contributed by atoms with Gasteiger partial charge >= 0.3 is 0 Å². The van der Waals surface area contributed by atoms with Gasteiger partial charge < -0.3 is 10.6 Å². The van der Waals surface area contributed by atoms with E-state index in [1.54, 1.807) is 12.1 Å².